The minimum absolute atomic E-state index is 1.23. The van der Waals surface area contributed by atoms with Crippen molar-refractivity contribution < 1.29 is 0 Å². The molecule has 0 aromatic heterocycles. The lowest BCUT2D eigenvalue weighted by Gasteiger charge is -2.20. The first-order chi connectivity index (χ1) is 6.20. The monoisotopic (exact) mass is 172 g/mol. The molecule has 0 spiro atoms. The van der Waals surface area contributed by atoms with E-state index in [1.54, 1.807) is 11.1 Å². The zero-order valence-corrected chi connectivity index (χ0v) is 8.65. The van der Waals surface area contributed by atoms with Gasteiger partial charge in [0.05, 0.1) is 0 Å². The molecule has 0 saturated heterocycles. The summed E-state index contributed by atoms with van der Waals surface area (Å²) in [4.78, 5) is 0. The molecule has 0 fully saturated rings. The lowest BCUT2D eigenvalue weighted by Crippen LogP contribution is -2.03. The number of allylic oxidation sites excluding steroid dienone is 2. The van der Waals surface area contributed by atoms with Crippen LogP contribution in [0.25, 0.3) is 5.57 Å². The number of hydrogen-bond donors (Lipinski definition) is 0. The van der Waals surface area contributed by atoms with Crippen LogP contribution in [-0.4, -0.2) is 0 Å². The first kappa shape index (κ1) is 8.55. The number of aryl methyl sites for hydroxylation is 1. The highest BCUT2D eigenvalue weighted by Gasteiger charge is 2.13. The molecule has 0 heteroatoms. The summed E-state index contributed by atoms with van der Waals surface area (Å²) in [5, 5.41) is 0. The Morgan fingerprint density at radius 2 is 1.77 bits per heavy atom. The number of hydrogen-bond acceptors (Lipinski definition) is 0. The molecule has 13 heavy (non-hydrogen) atoms. The molecule has 1 aromatic rings. The van der Waals surface area contributed by atoms with Crippen LogP contribution in [0.5, 0.6) is 0 Å². The van der Waals surface area contributed by atoms with Crippen molar-refractivity contribution in [3.05, 3.63) is 40.5 Å². The van der Waals surface area contributed by atoms with E-state index in [0.717, 1.165) is 0 Å². The van der Waals surface area contributed by atoms with Crippen LogP contribution in [0, 0.1) is 6.92 Å². The third-order valence-corrected chi connectivity index (χ3v) is 3.20. The molecule has 0 amide bonds. The maximum atomic E-state index is 2.25. The first-order valence-corrected chi connectivity index (χ1v) is 4.95. The average Bonchev–Trinajstić information content (AvgIpc) is 2.12. The Morgan fingerprint density at radius 3 is 2.54 bits per heavy atom. The second-order valence-electron chi connectivity index (χ2n) is 4.01. The van der Waals surface area contributed by atoms with E-state index in [4.69, 9.17) is 0 Å². The SMILES string of the molecule is CC1=C(C)c2cccc(C)c2CC1. The summed E-state index contributed by atoms with van der Waals surface area (Å²) in [5.41, 5.74) is 7.53. The van der Waals surface area contributed by atoms with Gasteiger partial charge in [-0.25, -0.2) is 0 Å². The largest absolute Gasteiger partial charge is 0.0695 e. The Kier molecular flexibility index (Phi) is 1.99. The van der Waals surface area contributed by atoms with Crippen molar-refractivity contribution in [1.29, 1.82) is 0 Å². The highest BCUT2D eigenvalue weighted by atomic mass is 14.2. The smallest absolute Gasteiger partial charge is 0.0193 e. The van der Waals surface area contributed by atoms with Gasteiger partial charge in [-0.05, 0) is 55.9 Å². The topological polar surface area (TPSA) is 0 Å². The van der Waals surface area contributed by atoms with Gasteiger partial charge in [-0.15, -0.1) is 0 Å². The van der Waals surface area contributed by atoms with E-state index < -0.39 is 0 Å². The molecular weight excluding hydrogens is 156 g/mol. The predicted molar refractivity (Wildman–Crippen MR) is 57.8 cm³/mol. The zero-order chi connectivity index (χ0) is 9.42. The molecule has 0 radical (unpaired) electrons. The third kappa shape index (κ3) is 1.31. The van der Waals surface area contributed by atoms with Crippen molar-refractivity contribution in [1.82, 2.24) is 0 Å². The summed E-state index contributed by atoms with van der Waals surface area (Å²) in [7, 11) is 0. The van der Waals surface area contributed by atoms with Crippen molar-refractivity contribution in [3.8, 4) is 0 Å². The molecule has 0 unspecified atom stereocenters. The molecule has 1 aliphatic rings. The fourth-order valence-corrected chi connectivity index (χ4v) is 2.12. The highest BCUT2D eigenvalue weighted by molar-refractivity contribution is 5.72. The van der Waals surface area contributed by atoms with E-state index >= 15 is 0 Å². The van der Waals surface area contributed by atoms with Crippen LogP contribution in [0.4, 0.5) is 0 Å². The van der Waals surface area contributed by atoms with Crippen molar-refractivity contribution >= 4 is 5.57 Å². The Morgan fingerprint density at radius 1 is 1.00 bits per heavy atom. The Hall–Kier alpha value is -1.04. The molecule has 0 atom stereocenters. The quantitative estimate of drug-likeness (QED) is 0.559. The van der Waals surface area contributed by atoms with Gasteiger partial charge in [-0.2, -0.15) is 0 Å². The van der Waals surface area contributed by atoms with Gasteiger partial charge in [0.15, 0.2) is 0 Å². The van der Waals surface area contributed by atoms with Crippen LogP contribution >= 0.6 is 0 Å². The second-order valence-corrected chi connectivity index (χ2v) is 4.01. The van der Waals surface area contributed by atoms with Crippen molar-refractivity contribution in [3.63, 3.8) is 0 Å². The maximum Gasteiger partial charge on any atom is -0.0193 e. The molecule has 0 saturated carbocycles. The van der Waals surface area contributed by atoms with Gasteiger partial charge in [0.2, 0.25) is 0 Å². The van der Waals surface area contributed by atoms with Crippen molar-refractivity contribution in [2.45, 2.75) is 33.6 Å². The predicted octanol–water partition coefficient (Wildman–Crippen LogP) is 3.73. The highest BCUT2D eigenvalue weighted by Crippen LogP contribution is 2.32. The van der Waals surface area contributed by atoms with Crippen LogP contribution in [0.2, 0.25) is 0 Å². The van der Waals surface area contributed by atoms with Gasteiger partial charge in [0, 0.05) is 0 Å². The number of benzene rings is 1. The Labute approximate surface area is 80.3 Å². The van der Waals surface area contributed by atoms with Gasteiger partial charge >= 0.3 is 0 Å². The van der Waals surface area contributed by atoms with E-state index in [9.17, 15) is 0 Å². The van der Waals surface area contributed by atoms with Crippen molar-refractivity contribution in [2.75, 3.05) is 0 Å². The van der Waals surface area contributed by atoms with Crippen LogP contribution < -0.4 is 0 Å². The summed E-state index contributed by atoms with van der Waals surface area (Å²) in [6.07, 6.45) is 2.47. The van der Waals surface area contributed by atoms with Crippen molar-refractivity contribution in [2.24, 2.45) is 0 Å². The molecule has 0 nitrogen and oxygen atoms in total. The van der Waals surface area contributed by atoms with E-state index in [1.165, 1.54) is 29.5 Å². The Bertz CT molecular complexity index is 370. The molecule has 0 bridgehead atoms. The summed E-state index contributed by atoms with van der Waals surface area (Å²) in [6.45, 7) is 6.71. The third-order valence-electron chi connectivity index (χ3n) is 3.20. The summed E-state index contributed by atoms with van der Waals surface area (Å²) < 4.78 is 0. The summed E-state index contributed by atoms with van der Waals surface area (Å²) in [5.74, 6) is 0. The molecule has 0 heterocycles. The van der Waals surface area contributed by atoms with E-state index in [-0.39, 0.29) is 0 Å². The van der Waals surface area contributed by atoms with Gasteiger partial charge in [-0.1, -0.05) is 23.8 Å². The summed E-state index contributed by atoms with van der Waals surface area (Å²) >= 11 is 0. The maximum absolute atomic E-state index is 2.25. The molecule has 2 rings (SSSR count). The van der Waals surface area contributed by atoms with Gasteiger partial charge in [-0.3, -0.25) is 0 Å². The standard InChI is InChI=1S/C13H16/c1-9-7-8-12-10(2)5-4-6-13(12)11(9)3/h4-6H,7-8H2,1-3H3. The number of rotatable bonds is 0. The normalized spacial score (nSPS) is 15.9. The second kappa shape index (κ2) is 3.02. The van der Waals surface area contributed by atoms with Gasteiger partial charge < -0.3 is 0 Å². The van der Waals surface area contributed by atoms with E-state index in [1.807, 2.05) is 0 Å². The van der Waals surface area contributed by atoms with Crippen LogP contribution in [0.3, 0.4) is 0 Å². The fraction of sp³-hybridized carbons (Fsp3) is 0.385. The van der Waals surface area contributed by atoms with E-state index in [0.29, 0.717) is 0 Å². The van der Waals surface area contributed by atoms with Crippen LogP contribution in [-0.2, 0) is 6.42 Å². The zero-order valence-electron chi connectivity index (χ0n) is 8.65. The molecular formula is C13H16. The molecule has 0 N–H and O–H groups in total. The average molecular weight is 172 g/mol. The molecule has 0 aliphatic heterocycles. The van der Waals surface area contributed by atoms with Crippen LogP contribution in [0.1, 0.15) is 37.0 Å². The molecule has 1 aliphatic carbocycles. The molecule has 1 aromatic carbocycles. The first-order valence-electron chi connectivity index (χ1n) is 4.95. The minimum Gasteiger partial charge on any atom is -0.0695 e. The van der Waals surface area contributed by atoms with Gasteiger partial charge in [0.25, 0.3) is 0 Å². The molecule has 68 valence electrons. The van der Waals surface area contributed by atoms with Gasteiger partial charge in [0.1, 0.15) is 0 Å². The van der Waals surface area contributed by atoms with E-state index in [2.05, 4.69) is 39.0 Å². The minimum atomic E-state index is 1.23. The Balaban J connectivity index is 2.64. The lowest BCUT2D eigenvalue weighted by atomic mass is 9.85. The summed E-state index contributed by atoms with van der Waals surface area (Å²) in [6, 6.07) is 6.63. The fourth-order valence-electron chi connectivity index (χ4n) is 2.12. The number of fused-ring (bicyclic) bond motifs is 1. The van der Waals surface area contributed by atoms with Crippen LogP contribution in [0.15, 0.2) is 23.8 Å². The lowest BCUT2D eigenvalue weighted by molar-refractivity contribution is 0.906.